The van der Waals surface area contributed by atoms with E-state index >= 15 is 0 Å². The van der Waals surface area contributed by atoms with Gasteiger partial charge in [0.15, 0.2) is 0 Å². The molecule has 1 fully saturated rings. The SMILES string of the molecule is NC1CCC(C(F)(F)F)N(C(=O)c2ccc(Cl)cc2F)C1. The van der Waals surface area contributed by atoms with Gasteiger partial charge in [-0.25, -0.2) is 4.39 Å². The van der Waals surface area contributed by atoms with Crippen LogP contribution in [-0.4, -0.2) is 35.6 Å². The molecule has 2 rings (SSSR count). The number of hydrogen-bond acceptors (Lipinski definition) is 2. The number of amides is 1. The first-order valence-corrected chi connectivity index (χ1v) is 6.66. The van der Waals surface area contributed by atoms with Gasteiger partial charge in [-0.2, -0.15) is 13.2 Å². The molecule has 1 saturated heterocycles. The second-order valence-electron chi connectivity index (χ2n) is 4.98. The summed E-state index contributed by atoms with van der Waals surface area (Å²) in [6, 6.07) is 0.724. The van der Waals surface area contributed by atoms with E-state index in [1.807, 2.05) is 0 Å². The molecule has 0 spiro atoms. The number of piperidine rings is 1. The topological polar surface area (TPSA) is 46.3 Å². The summed E-state index contributed by atoms with van der Waals surface area (Å²) >= 11 is 5.57. The summed E-state index contributed by atoms with van der Waals surface area (Å²) < 4.78 is 52.8. The molecule has 2 atom stereocenters. The lowest BCUT2D eigenvalue weighted by Gasteiger charge is -2.39. The van der Waals surface area contributed by atoms with E-state index in [-0.39, 0.29) is 24.4 Å². The third kappa shape index (κ3) is 3.47. The number of carbonyl (C=O) groups excluding carboxylic acids is 1. The molecule has 1 aromatic carbocycles. The van der Waals surface area contributed by atoms with Gasteiger partial charge < -0.3 is 10.6 Å². The van der Waals surface area contributed by atoms with Crippen molar-refractivity contribution in [3.8, 4) is 0 Å². The van der Waals surface area contributed by atoms with E-state index in [4.69, 9.17) is 17.3 Å². The first kappa shape index (κ1) is 16.0. The zero-order chi connectivity index (χ0) is 15.8. The van der Waals surface area contributed by atoms with E-state index in [1.165, 1.54) is 6.07 Å². The molecule has 1 amide bonds. The summed E-state index contributed by atoms with van der Waals surface area (Å²) in [5.41, 5.74) is 5.19. The Labute approximate surface area is 123 Å². The Morgan fingerprint density at radius 2 is 2.00 bits per heavy atom. The number of benzene rings is 1. The van der Waals surface area contributed by atoms with Gasteiger partial charge >= 0.3 is 6.18 Å². The number of nitrogens with zero attached hydrogens (tertiary/aromatic N) is 1. The number of carbonyl (C=O) groups is 1. The number of rotatable bonds is 1. The second-order valence-corrected chi connectivity index (χ2v) is 5.41. The van der Waals surface area contributed by atoms with Crippen LogP contribution in [0.1, 0.15) is 23.2 Å². The molecule has 1 heterocycles. The van der Waals surface area contributed by atoms with Crippen LogP contribution in [0.25, 0.3) is 0 Å². The zero-order valence-corrected chi connectivity index (χ0v) is 11.6. The van der Waals surface area contributed by atoms with Crippen LogP contribution in [0.3, 0.4) is 0 Å². The molecule has 2 N–H and O–H groups in total. The van der Waals surface area contributed by atoms with Crippen molar-refractivity contribution in [1.82, 2.24) is 4.90 Å². The van der Waals surface area contributed by atoms with Crippen LogP contribution >= 0.6 is 11.6 Å². The van der Waals surface area contributed by atoms with Crippen molar-refractivity contribution < 1.29 is 22.4 Å². The molecule has 0 saturated carbocycles. The Morgan fingerprint density at radius 1 is 1.33 bits per heavy atom. The molecule has 21 heavy (non-hydrogen) atoms. The zero-order valence-electron chi connectivity index (χ0n) is 10.8. The van der Waals surface area contributed by atoms with Gasteiger partial charge in [-0.3, -0.25) is 4.79 Å². The summed E-state index contributed by atoms with van der Waals surface area (Å²) in [5.74, 6) is -1.98. The first-order valence-electron chi connectivity index (χ1n) is 6.28. The predicted molar refractivity (Wildman–Crippen MR) is 69.5 cm³/mol. The minimum absolute atomic E-state index is 0.0618. The molecule has 8 heteroatoms. The average molecular weight is 325 g/mol. The molecule has 0 aliphatic carbocycles. The van der Waals surface area contributed by atoms with Gasteiger partial charge in [0, 0.05) is 17.6 Å². The number of nitrogens with two attached hydrogens (primary N) is 1. The molecule has 116 valence electrons. The van der Waals surface area contributed by atoms with Crippen molar-refractivity contribution in [2.24, 2.45) is 5.73 Å². The molecule has 3 nitrogen and oxygen atoms in total. The summed E-state index contributed by atoms with van der Waals surface area (Å²) in [6.45, 7) is -0.259. The molecule has 0 aromatic heterocycles. The minimum atomic E-state index is -4.57. The highest BCUT2D eigenvalue weighted by Crippen LogP contribution is 2.33. The van der Waals surface area contributed by atoms with Crippen molar-refractivity contribution in [3.63, 3.8) is 0 Å². The summed E-state index contributed by atoms with van der Waals surface area (Å²) in [6.07, 6.45) is -4.69. The van der Waals surface area contributed by atoms with Gasteiger partial charge in [0.05, 0.1) is 5.56 Å². The van der Waals surface area contributed by atoms with E-state index in [9.17, 15) is 22.4 Å². The monoisotopic (exact) mass is 324 g/mol. The largest absolute Gasteiger partial charge is 0.408 e. The Morgan fingerprint density at radius 3 is 2.57 bits per heavy atom. The summed E-state index contributed by atoms with van der Waals surface area (Å²) in [7, 11) is 0. The molecular weight excluding hydrogens is 312 g/mol. The maximum absolute atomic E-state index is 13.7. The number of alkyl halides is 3. The Balaban J connectivity index is 2.33. The van der Waals surface area contributed by atoms with Gasteiger partial charge in [0.25, 0.3) is 5.91 Å². The standard InChI is InChI=1S/C13H13ClF4N2O/c14-7-1-3-9(10(15)5-7)12(21)20-6-8(19)2-4-11(20)13(16,17)18/h1,3,5,8,11H,2,4,6,19H2. The minimum Gasteiger partial charge on any atom is -0.326 e. The average Bonchev–Trinajstić information content (AvgIpc) is 2.36. The maximum Gasteiger partial charge on any atom is 0.408 e. The third-order valence-corrected chi connectivity index (χ3v) is 3.65. The Hall–Kier alpha value is -1.34. The van der Waals surface area contributed by atoms with Crippen molar-refractivity contribution in [2.75, 3.05) is 6.54 Å². The van der Waals surface area contributed by atoms with E-state index in [0.717, 1.165) is 12.1 Å². The molecular formula is C13H13ClF4N2O. The van der Waals surface area contributed by atoms with Crippen LogP contribution in [0.4, 0.5) is 17.6 Å². The highest BCUT2D eigenvalue weighted by atomic mass is 35.5. The number of likely N-dealkylation sites (tertiary alicyclic amines) is 1. The second kappa shape index (κ2) is 5.81. The lowest BCUT2D eigenvalue weighted by atomic mass is 9.97. The van der Waals surface area contributed by atoms with E-state index < -0.39 is 35.5 Å². The number of hydrogen-bond donors (Lipinski definition) is 1. The van der Waals surface area contributed by atoms with Gasteiger partial charge in [0.1, 0.15) is 11.9 Å². The van der Waals surface area contributed by atoms with Crippen LogP contribution in [0, 0.1) is 5.82 Å². The summed E-state index contributed by atoms with van der Waals surface area (Å²) in [5, 5.41) is 0.0618. The first-order chi connectivity index (χ1) is 9.70. The Bertz CT molecular complexity index is 549. The third-order valence-electron chi connectivity index (χ3n) is 3.42. The Kier molecular flexibility index (Phi) is 4.43. The van der Waals surface area contributed by atoms with Gasteiger partial charge in [-0.15, -0.1) is 0 Å². The highest BCUT2D eigenvalue weighted by molar-refractivity contribution is 6.30. The van der Waals surface area contributed by atoms with Crippen molar-refractivity contribution in [2.45, 2.75) is 31.1 Å². The van der Waals surface area contributed by atoms with Gasteiger partial charge in [0.2, 0.25) is 0 Å². The lowest BCUT2D eigenvalue weighted by Crippen LogP contribution is -2.56. The van der Waals surface area contributed by atoms with Crippen LogP contribution in [0.5, 0.6) is 0 Å². The molecule has 1 aliphatic rings. The van der Waals surface area contributed by atoms with E-state index in [0.29, 0.717) is 4.90 Å². The van der Waals surface area contributed by atoms with Crippen molar-refractivity contribution >= 4 is 17.5 Å². The quantitative estimate of drug-likeness (QED) is 0.807. The van der Waals surface area contributed by atoms with Gasteiger partial charge in [-0.1, -0.05) is 11.6 Å². The lowest BCUT2D eigenvalue weighted by molar-refractivity contribution is -0.184. The molecule has 1 aromatic rings. The van der Waals surface area contributed by atoms with Gasteiger partial charge in [-0.05, 0) is 31.0 Å². The van der Waals surface area contributed by atoms with Crippen LogP contribution < -0.4 is 5.73 Å². The highest BCUT2D eigenvalue weighted by Gasteiger charge is 2.47. The van der Waals surface area contributed by atoms with Crippen molar-refractivity contribution in [1.29, 1.82) is 0 Å². The van der Waals surface area contributed by atoms with Crippen LogP contribution in [-0.2, 0) is 0 Å². The van der Waals surface area contributed by atoms with E-state index in [2.05, 4.69) is 0 Å². The smallest absolute Gasteiger partial charge is 0.326 e. The predicted octanol–water partition coefficient (Wildman–Crippen LogP) is 2.97. The fraction of sp³-hybridized carbons (Fsp3) is 0.462. The van der Waals surface area contributed by atoms with Crippen LogP contribution in [0.2, 0.25) is 5.02 Å². The van der Waals surface area contributed by atoms with E-state index in [1.54, 1.807) is 0 Å². The fourth-order valence-corrected chi connectivity index (χ4v) is 2.54. The normalized spacial score (nSPS) is 23.2. The number of halogens is 5. The fourth-order valence-electron chi connectivity index (χ4n) is 2.38. The van der Waals surface area contributed by atoms with Crippen molar-refractivity contribution in [3.05, 3.63) is 34.6 Å². The molecule has 1 aliphatic heterocycles. The maximum atomic E-state index is 13.7. The molecule has 2 unspecified atom stereocenters. The summed E-state index contributed by atoms with van der Waals surface area (Å²) in [4.78, 5) is 12.8. The molecule has 0 radical (unpaired) electrons. The van der Waals surface area contributed by atoms with Crippen LogP contribution in [0.15, 0.2) is 18.2 Å². The molecule has 0 bridgehead atoms.